The van der Waals surface area contributed by atoms with Crippen LogP contribution in [0.2, 0.25) is 0 Å². The summed E-state index contributed by atoms with van der Waals surface area (Å²) in [5.74, 6) is 4.84. The number of ether oxygens (including phenoxy) is 1. The van der Waals surface area contributed by atoms with Crippen LogP contribution in [0.4, 0.5) is 0 Å². The molecular formula is C17H23N3O3. The minimum atomic E-state index is 0.0922. The van der Waals surface area contributed by atoms with Gasteiger partial charge in [-0.3, -0.25) is 4.90 Å². The van der Waals surface area contributed by atoms with Crippen LogP contribution >= 0.6 is 0 Å². The van der Waals surface area contributed by atoms with Gasteiger partial charge < -0.3 is 13.7 Å². The molecule has 0 bridgehead atoms. The van der Waals surface area contributed by atoms with E-state index < -0.39 is 0 Å². The first kappa shape index (κ1) is 14.9. The van der Waals surface area contributed by atoms with Crippen molar-refractivity contribution in [3.05, 3.63) is 35.4 Å². The van der Waals surface area contributed by atoms with E-state index in [9.17, 15) is 0 Å². The number of likely N-dealkylation sites (tertiary alicyclic amines) is 1. The average molecular weight is 317 g/mol. The van der Waals surface area contributed by atoms with E-state index in [-0.39, 0.29) is 12.1 Å². The lowest BCUT2D eigenvalue weighted by Crippen LogP contribution is -2.24. The molecule has 4 atom stereocenters. The van der Waals surface area contributed by atoms with E-state index in [1.165, 1.54) is 6.42 Å². The molecule has 1 aliphatic heterocycles. The van der Waals surface area contributed by atoms with Crippen LogP contribution in [0.5, 0.6) is 0 Å². The van der Waals surface area contributed by atoms with Crippen LogP contribution in [-0.2, 0) is 11.3 Å². The highest BCUT2D eigenvalue weighted by Crippen LogP contribution is 2.47. The van der Waals surface area contributed by atoms with E-state index in [0.717, 1.165) is 36.9 Å². The number of hydrogen-bond acceptors (Lipinski definition) is 6. The Labute approximate surface area is 135 Å². The van der Waals surface area contributed by atoms with E-state index in [2.05, 4.69) is 34.1 Å². The third-order valence-electron chi connectivity index (χ3n) is 5.04. The van der Waals surface area contributed by atoms with Crippen molar-refractivity contribution in [1.29, 1.82) is 0 Å². The third kappa shape index (κ3) is 2.93. The largest absolute Gasteiger partial charge is 0.464 e. The molecule has 1 saturated carbocycles. The number of nitrogens with zero attached hydrogens (tertiary/aromatic N) is 3. The van der Waals surface area contributed by atoms with Crippen LogP contribution in [0, 0.1) is 12.8 Å². The Bertz CT molecular complexity index is 680. The molecule has 3 heterocycles. The van der Waals surface area contributed by atoms with Gasteiger partial charge in [0.25, 0.3) is 0 Å². The molecule has 6 heteroatoms. The van der Waals surface area contributed by atoms with Gasteiger partial charge in [-0.1, -0.05) is 12.1 Å². The topological polar surface area (TPSA) is 64.5 Å². The van der Waals surface area contributed by atoms with E-state index in [1.54, 1.807) is 7.11 Å². The standard InChI is InChI=1S/C17H23N3O3/c1-10-6-14(10)16-5-4-12(22-16)8-20-9-13(21-3)7-15(20)17-18-11(2)19-23-17/h4-5,10,13-15H,6-9H2,1-3H3/t10-,13+,14-,15+/m0/s1. The van der Waals surface area contributed by atoms with Crippen LogP contribution in [-0.4, -0.2) is 34.8 Å². The number of aromatic nitrogens is 2. The van der Waals surface area contributed by atoms with Crippen LogP contribution in [0.3, 0.4) is 0 Å². The van der Waals surface area contributed by atoms with Gasteiger partial charge in [-0.2, -0.15) is 4.98 Å². The Morgan fingerprint density at radius 3 is 2.83 bits per heavy atom. The SMILES string of the molecule is CO[C@@H]1C[C@H](c2nc(C)no2)N(Cc2ccc([C@H]3C[C@@H]3C)o2)C1. The number of hydrogen-bond donors (Lipinski definition) is 0. The minimum absolute atomic E-state index is 0.0922. The summed E-state index contributed by atoms with van der Waals surface area (Å²) in [6.45, 7) is 5.70. The zero-order chi connectivity index (χ0) is 16.0. The Morgan fingerprint density at radius 2 is 2.17 bits per heavy atom. The minimum Gasteiger partial charge on any atom is -0.464 e. The van der Waals surface area contributed by atoms with Crippen molar-refractivity contribution in [3.8, 4) is 0 Å². The molecule has 4 rings (SSSR count). The zero-order valence-electron chi connectivity index (χ0n) is 13.9. The van der Waals surface area contributed by atoms with Gasteiger partial charge in [0, 0.05) is 19.6 Å². The zero-order valence-corrected chi connectivity index (χ0v) is 13.9. The van der Waals surface area contributed by atoms with Crippen molar-refractivity contribution in [2.45, 2.75) is 51.3 Å². The normalized spacial score (nSPS) is 30.9. The first-order valence-electron chi connectivity index (χ1n) is 8.29. The molecule has 0 aromatic carbocycles. The van der Waals surface area contributed by atoms with Gasteiger partial charge in [-0.15, -0.1) is 0 Å². The molecule has 124 valence electrons. The Balaban J connectivity index is 1.50. The van der Waals surface area contributed by atoms with Gasteiger partial charge in [0.15, 0.2) is 5.82 Å². The molecule has 0 radical (unpaired) electrons. The maximum atomic E-state index is 6.05. The molecule has 2 aromatic heterocycles. The predicted molar refractivity (Wildman–Crippen MR) is 82.8 cm³/mol. The second-order valence-corrected chi connectivity index (χ2v) is 6.84. The molecule has 23 heavy (non-hydrogen) atoms. The summed E-state index contributed by atoms with van der Waals surface area (Å²) < 4.78 is 17.0. The summed E-state index contributed by atoms with van der Waals surface area (Å²) in [5.41, 5.74) is 0. The van der Waals surface area contributed by atoms with E-state index >= 15 is 0 Å². The lowest BCUT2D eigenvalue weighted by molar-refractivity contribution is 0.106. The average Bonchev–Trinajstić information content (AvgIpc) is 2.95. The number of rotatable bonds is 5. The number of furan rings is 1. The highest BCUT2D eigenvalue weighted by Gasteiger charge is 2.39. The van der Waals surface area contributed by atoms with E-state index in [0.29, 0.717) is 17.6 Å². The molecule has 2 aromatic rings. The van der Waals surface area contributed by atoms with Crippen molar-refractivity contribution in [2.75, 3.05) is 13.7 Å². The quantitative estimate of drug-likeness (QED) is 0.844. The summed E-state index contributed by atoms with van der Waals surface area (Å²) in [6.07, 6.45) is 2.29. The van der Waals surface area contributed by atoms with Gasteiger partial charge in [-0.25, -0.2) is 0 Å². The first-order chi connectivity index (χ1) is 11.1. The summed E-state index contributed by atoms with van der Waals surface area (Å²) in [5, 5.41) is 3.92. The van der Waals surface area contributed by atoms with Crippen LogP contribution < -0.4 is 0 Å². The monoisotopic (exact) mass is 317 g/mol. The van der Waals surface area contributed by atoms with Crippen LogP contribution in [0.15, 0.2) is 21.1 Å². The van der Waals surface area contributed by atoms with Crippen LogP contribution in [0.25, 0.3) is 0 Å². The summed E-state index contributed by atoms with van der Waals surface area (Å²) in [7, 11) is 1.75. The summed E-state index contributed by atoms with van der Waals surface area (Å²) in [4.78, 5) is 6.71. The maximum absolute atomic E-state index is 6.05. The fourth-order valence-corrected chi connectivity index (χ4v) is 3.51. The lowest BCUT2D eigenvalue weighted by atomic mass is 10.2. The molecule has 2 aliphatic rings. The fraction of sp³-hybridized carbons (Fsp3) is 0.647. The molecule has 6 nitrogen and oxygen atoms in total. The van der Waals surface area contributed by atoms with Gasteiger partial charge in [0.1, 0.15) is 11.5 Å². The highest BCUT2D eigenvalue weighted by atomic mass is 16.5. The Morgan fingerprint density at radius 1 is 1.35 bits per heavy atom. The molecule has 1 saturated heterocycles. The van der Waals surface area contributed by atoms with Crippen molar-refractivity contribution in [2.24, 2.45) is 5.92 Å². The van der Waals surface area contributed by atoms with Gasteiger partial charge in [-0.05, 0) is 37.8 Å². The molecule has 2 fully saturated rings. The van der Waals surface area contributed by atoms with E-state index in [1.807, 2.05) is 6.92 Å². The fourth-order valence-electron chi connectivity index (χ4n) is 3.51. The van der Waals surface area contributed by atoms with E-state index in [4.69, 9.17) is 13.7 Å². The Kier molecular flexibility index (Phi) is 3.73. The molecule has 0 spiro atoms. The molecular weight excluding hydrogens is 294 g/mol. The third-order valence-corrected chi connectivity index (χ3v) is 5.04. The second-order valence-electron chi connectivity index (χ2n) is 6.84. The maximum Gasteiger partial charge on any atom is 0.244 e. The predicted octanol–water partition coefficient (Wildman–Crippen LogP) is 3.06. The highest BCUT2D eigenvalue weighted by molar-refractivity contribution is 5.18. The van der Waals surface area contributed by atoms with Crippen molar-refractivity contribution >= 4 is 0 Å². The molecule has 1 aliphatic carbocycles. The van der Waals surface area contributed by atoms with Gasteiger partial charge in [0.05, 0.1) is 18.7 Å². The summed E-state index contributed by atoms with van der Waals surface area (Å²) in [6, 6.07) is 4.31. The number of methoxy groups -OCH3 is 1. The Hall–Kier alpha value is -1.66. The molecule has 0 N–H and O–H groups in total. The first-order valence-corrected chi connectivity index (χ1v) is 8.29. The summed E-state index contributed by atoms with van der Waals surface area (Å²) >= 11 is 0. The second kappa shape index (κ2) is 5.76. The number of aryl methyl sites for hydroxylation is 1. The van der Waals surface area contributed by atoms with Crippen LogP contribution in [0.1, 0.15) is 55.0 Å². The van der Waals surface area contributed by atoms with Crippen molar-refractivity contribution in [1.82, 2.24) is 15.0 Å². The lowest BCUT2D eigenvalue weighted by Gasteiger charge is -2.19. The molecule has 0 amide bonds. The van der Waals surface area contributed by atoms with Crippen molar-refractivity contribution in [3.63, 3.8) is 0 Å². The smallest absolute Gasteiger partial charge is 0.244 e. The molecule has 0 unspecified atom stereocenters. The van der Waals surface area contributed by atoms with Crippen molar-refractivity contribution < 1.29 is 13.7 Å². The van der Waals surface area contributed by atoms with Gasteiger partial charge in [0.2, 0.25) is 5.89 Å². The van der Waals surface area contributed by atoms with Gasteiger partial charge >= 0.3 is 0 Å².